The molecule has 0 saturated carbocycles. The molecule has 8 heteroatoms. The number of aryl methyl sites for hydroxylation is 2. The van der Waals surface area contributed by atoms with Crippen LogP contribution in [-0.4, -0.2) is 42.5 Å². The van der Waals surface area contributed by atoms with E-state index in [9.17, 15) is 22.8 Å². The van der Waals surface area contributed by atoms with Crippen molar-refractivity contribution in [2.75, 3.05) is 19.7 Å². The lowest BCUT2D eigenvalue weighted by Crippen LogP contribution is -2.47. The van der Waals surface area contributed by atoms with Gasteiger partial charge in [-0.15, -0.1) is 0 Å². The summed E-state index contributed by atoms with van der Waals surface area (Å²) in [7, 11) is 0. The zero-order valence-corrected chi connectivity index (χ0v) is 18.4. The van der Waals surface area contributed by atoms with Gasteiger partial charge in [-0.1, -0.05) is 24.3 Å². The molecule has 172 valence electrons. The first kappa shape index (κ1) is 23.6. The number of alkyl halides is 3. The molecule has 0 atom stereocenters. The van der Waals surface area contributed by atoms with E-state index in [1.807, 2.05) is 32.9 Å². The zero-order valence-electron chi connectivity index (χ0n) is 18.4. The van der Waals surface area contributed by atoms with Gasteiger partial charge in [-0.25, -0.2) is 0 Å². The molecule has 5 nitrogen and oxygen atoms in total. The predicted molar refractivity (Wildman–Crippen MR) is 115 cm³/mol. The highest BCUT2D eigenvalue weighted by atomic mass is 19.4. The predicted octanol–water partition coefficient (Wildman–Crippen LogP) is 4.43. The summed E-state index contributed by atoms with van der Waals surface area (Å²) >= 11 is 0. The number of hydrogen-bond donors (Lipinski definition) is 1. The number of carbonyl (C=O) groups excluding carboxylic acids is 2. The second kappa shape index (κ2) is 9.63. The van der Waals surface area contributed by atoms with Crippen molar-refractivity contribution in [2.45, 2.75) is 45.8 Å². The van der Waals surface area contributed by atoms with Crippen LogP contribution in [0.25, 0.3) is 0 Å². The summed E-state index contributed by atoms with van der Waals surface area (Å²) in [5.74, 6) is -0.197. The van der Waals surface area contributed by atoms with Gasteiger partial charge in [0.2, 0.25) is 0 Å². The minimum absolute atomic E-state index is 0.0822. The van der Waals surface area contributed by atoms with Gasteiger partial charge < -0.3 is 15.0 Å². The number of halogens is 3. The number of benzene rings is 2. The molecular weight excluding hydrogens is 421 g/mol. The number of piperidine rings is 1. The molecule has 3 rings (SSSR count). The first-order valence-corrected chi connectivity index (χ1v) is 10.5. The fourth-order valence-electron chi connectivity index (χ4n) is 3.84. The minimum atomic E-state index is -4.60. The van der Waals surface area contributed by atoms with Crippen LogP contribution in [-0.2, 0) is 11.0 Å². The Morgan fingerprint density at radius 3 is 2.31 bits per heavy atom. The van der Waals surface area contributed by atoms with Gasteiger partial charge in [0.1, 0.15) is 5.75 Å². The van der Waals surface area contributed by atoms with E-state index >= 15 is 0 Å². The maximum absolute atomic E-state index is 13.2. The third-order valence-electron chi connectivity index (χ3n) is 5.87. The van der Waals surface area contributed by atoms with Crippen molar-refractivity contribution in [1.29, 1.82) is 0 Å². The molecule has 1 N–H and O–H groups in total. The number of ether oxygens (including phenoxy) is 1. The van der Waals surface area contributed by atoms with Crippen LogP contribution in [0.3, 0.4) is 0 Å². The van der Waals surface area contributed by atoms with Crippen molar-refractivity contribution in [3.63, 3.8) is 0 Å². The minimum Gasteiger partial charge on any atom is -0.483 e. The topological polar surface area (TPSA) is 58.6 Å². The largest absolute Gasteiger partial charge is 0.483 e. The van der Waals surface area contributed by atoms with Crippen molar-refractivity contribution < 1.29 is 27.5 Å². The Bertz CT molecular complexity index is 996. The number of nitrogens with one attached hydrogen (secondary N) is 1. The van der Waals surface area contributed by atoms with Crippen LogP contribution in [0.15, 0.2) is 36.4 Å². The quantitative estimate of drug-likeness (QED) is 0.736. The third kappa shape index (κ3) is 5.41. The molecule has 0 aromatic heterocycles. The molecule has 0 bridgehead atoms. The number of amides is 2. The first-order chi connectivity index (χ1) is 15.1. The first-order valence-electron chi connectivity index (χ1n) is 10.5. The van der Waals surface area contributed by atoms with Crippen molar-refractivity contribution in [3.8, 4) is 5.75 Å². The average molecular weight is 448 g/mol. The standard InChI is InChI=1S/C24H27F3N2O3/c1-15-8-9-16(2)22(17(15)3)32-14-21(30)29-12-10-18(11-13-29)28-23(31)19-6-4-5-7-20(19)24(25,26)27/h4-9,18H,10-14H2,1-3H3,(H,28,31). The van der Waals surface area contributed by atoms with Gasteiger partial charge in [-0.05, 0) is 62.4 Å². The van der Waals surface area contributed by atoms with E-state index in [0.717, 1.165) is 22.8 Å². The second-order valence-corrected chi connectivity index (χ2v) is 8.11. The molecule has 0 aliphatic carbocycles. The highest BCUT2D eigenvalue weighted by molar-refractivity contribution is 5.96. The number of rotatable bonds is 5. The van der Waals surface area contributed by atoms with E-state index in [-0.39, 0.29) is 18.6 Å². The summed E-state index contributed by atoms with van der Waals surface area (Å²) < 4.78 is 45.3. The van der Waals surface area contributed by atoms with Gasteiger partial charge in [-0.2, -0.15) is 13.2 Å². The van der Waals surface area contributed by atoms with E-state index in [2.05, 4.69) is 5.32 Å². The molecule has 32 heavy (non-hydrogen) atoms. The number of hydrogen-bond acceptors (Lipinski definition) is 3. The van der Waals surface area contributed by atoms with Gasteiger partial charge in [0.15, 0.2) is 6.61 Å². The molecule has 2 aromatic carbocycles. The summed E-state index contributed by atoms with van der Waals surface area (Å²) in [6.45, 7) is 6.58. The maximum Gasteiger partial charge on any atom is 0.417 e. The maximum atomic E-state index is 13.2. The Morgan fingerprint density at radius 1 is 1.03 bits per heavy atom. The van der Waals surface area contributed by atoms with Crippen LogP contribution in [0, 0.1) is 20.8 Å². The van der Waals surface area contributed by atoms with E-state index in [1.165, 1.54) is 18.2 Å². The van der Waals surface area contributed by atoms with Gasteiger partial charge in [0.05, 0.1) is 11.1 Å². The summed E-state index contributed by atoms with van der Waals surface area (Å²) in [6, 6.07) is 8.39. The zero-order chi connectivity index (χ0) is 23.5. The Labute approximate surface area is 185 Å². The lowest BCUT2D eigenvalue weighted by Gasteiger charge is -2.32. The van der Waals surface area contributed by atoms with E-state index in [4.69, 9.17) is 4.74 Å². The Balaban J connectivity index is 1.53. The van der Waals surface area contributed by atoms with Crippen LogP contribution in [0.5, 0.6) is 5.75 Å². The van der Waals surface area contributed by atoms with Crippen molar-refractivity contribution in [3.05, 3.63) is 64.2 Å². The van der Waals surface area contributed by atoms with Gasteiger partial charge in [0, 0.05) is 19.1 Å². The summed E-state index contributed by atoms with van der Waals surface area (Å²) in [4.78, 5) is 26.7. The lowest BCUT2D eigenvalue weighted by molar-refractivity contribution is -0.138. The molecule has 0 spiro atoms. The lowest BCUT2D eigenvalue weighted by atomic mass is 10.0. The van der Waals surface area contributed by atoms with E-state index in [0.29, 0.717) is 31.7 Å². The van der Waals surface area contributed by atoms with Crippen LogP contribution in [0.4, 0.5) is 13.2 Å². The fraction of sp³-hybridized carbons (Fsp3) is 0.417. The molecule has 1 aliphatic heterocycles. The molecule has 0 unspecified atom stereocenters. The second-order valence-electron chi connectivity index (χ2n) is 8.11. The summed E-state index contributed by atoms with van der Waals surface area (Å²) in [5.41, 5.74) is 1.70. The summed E-state index contributed by atoms with van der Waals surface area (Å²) in [5, 5.41) is 2.68. The highest BCUT2D eigenvalue weighted by Gasteiger charge is 2.35. The van der Waals surface area contributed by atoms with Crippen LogP contribution >= 0.6 is 0 Å². The highest BCUT2D eigenvalue weighted by Crippen LogP contribution is 2.32. The Hall–Kier alpha value is -3.03. The summed E-state index contributed by atoms with van der Waals surface area (Å²) in [6.07, 6.45) is -3.67. The smallest absolute Gasteiger partial charge is 0.417 e. The molecule has 1 fully saturated rings. The van der Waals surface area contributed by atoms with E-state index in [1.54, 1.807) is 4.90 Å². The number of likely N-dealkylation sites (tertiary alicyclic amines) is 1. The normalized spacial score (nSPS) is 14.9. The van der Waals surface area contributed by atoms with Crippen LogP contribution in [0.2, 0.25) is 0 Å². The van der Waals surface area contributed by atoms with Crippen molar-refractivity contribution in [1.82, 2.24) is 10.2 Å². The van der Waals surface area contributed by atoms with Gasteiger partial charge in [-0.3, -0.25) is 9.59 Å². The third-order valence-corrected chi connectivity index (χ3v) is 5.87. The van der Waals surface area contributed by atoms with Crippen molar-refractivity contribution in [2.24, 2.45) is 0 Å². The molecule has 1 saturated heterocycles. The molecular formula is C24H27F3N2O3. The van der Waals surface area contributed by atoms with Gasteiger partial charge >= 0.3 is 6.18 Å². The Kier molecular flexibility index (Phi) is 7.11. The molecule has 1 heterocycles. The monoisotopic (exact) mass is 448 g/mol. The SMILES string of the molecule is Cc1ccc(C)c(OCC(=O)N2CCC(NC(=O)c3ccccc3C(F)(F)F)CC2)c1C. The van der Waals surface area contributed by atoms with E-state index < -0.39 is 23.2 Å². The molecule has 1 aliphatic rings. The number of nitrogens with zero attached hydrogens (tertiary/aromatic N) is 1. The van der Waals surface area contributed by atoms with Crippen molar-refractivity contribution >= 4 is 11.8 Å². The van der Waals surface area contributed by atoms with Crippen LogP contribution in [0.1, 0.15) is 45.5 Å². The molecule has 2 amide bonds. The molecule has 2 aromatic rings. The molecule has 0 radical (unpaired) electrons. The Morgan fingerprint density at radius 2 is 1.66 bits per heavy atom. The number of carbonyl (C=O) groups is 2. The van der Waals surface area contributed by atoms with Gasteiger partial charge in [0.25, 0.3) is 11.8 Å². The van der Waals surface area contributed by atoms with Crippen LogP contribution < -0.4 is 10.1 Å². The average Bonchev–Trinajstić information content (AvgIpc) is 2.76. The fourth-order valence-corrected chi connectivity index (χ4v) is 3.84.